The third kappa shape index (κ3) is 2.41. The molecule has 0 fully saturated rings. The Balaban J connectivity index is 2.76. The van der Waals surface area contributed by atoms with Crippen molar-refractivity contribution in [3.63, 3.8) is 0 Å². The van der Waals surface area contributed by atoms with E-state index in [1.807, 2.05) is 0 Å². The van der Waals surface area contributed by atoms with Gasteiger partial charge >= 0.3 is 0 Å². The lowest BCUT2D eigenvalue weighted by molar-refractivity contribution is 0.585. The van der Waals surface area contributed by atoms with Crippen LogP contribution in [0.1, 0.15) is 5.56 Å². The Morgan fingerprint density at radius 3 is 2.56 bits per heavy atom. The van der Waals surface area contributed by atoms with Crippen LogP contribution in [-0.4, -0.2) is 0 Å². The molecule has 1 nitrogen and oxygen atoms in total. The molecule has 0 saturated carbocycles. The zero-order valence-corrected chi connectivity index (χ0v) is 11.5. The van der Waals surface area contributed by atoms with Crippen LogP contribution in [0.15, 0.2) is 34.8 Å². The van der Waals surface area contributed by atoms with E-state index in [2.05, 4.69) is 15.9 Å². The third-order valence-electron chi connectivity index (χ3n) is 2.61. The fourth-order valence-corrected chi connectivity index (χ4v) is 2.24. The molecule has 0 aliphatic carbocycles. The molecule has 18 heavy (non-hydrogen) atoms. The molecule has 2 N–H and O–H groups in total. The molecule has 2 aromatic carbocycles. The van der Waals surface area contributed by atoms with Crippen LogP contribution in [0, 0.1) is 11.6 Å². The minimum atomic E-state index is -0.660. The molecule has 94 valence electrons. The van der Waals surface area contributed by atoms with E-state index in [0.29, 0.717) is 16.1 Å². The maximum Gasteiger partial charge on any atom is 0.148 e. The molecule has 0 unspecified atom stereocenters. The summed E-state index contributed by atoms with van der Waals surface area (Å²) in [5, 5.41) is 0.404. The minimum Gasteiger partial charge on any atom is -0.326 e. The van der Waals surface area contributed by atoms with Crippen molar-refractivity contribution in [1.29, 1.82) is 0 Å². The Morgan fingerprint density at radius 1 is 1.17 bits per heavy atom. The molecular weight excluding hydrogens is 324 g/mol. The molecule has 0 saturated heterocycles. The van der Waals surface area contributed by atoms with E-state index in [0.717, 1.165) is 0 Å². The number of hydrogen-bond donors (Lipinski definition) is 1. The first-order valence-corrected chi connectivity index (χ1v) is 6.34. The Hall–Kier alpha value is -0.970. The van der Waals surface area contributed by atoms with Crippen molar-refractivity contribution < 1.29 is 8.78 Å². The van der Waals surface area contributed by atoms with Crippen molar-refractivity contribution in [3.8, 4) is 11.1 Å². The van der Waals surface area contributed by atoms with E-state index in [1.54, 1.807) is 12.1 Å². The molecule has 0 spiro atoms. The van der Waals surface area contributed by atoms with Gasteiger partial charge in [0.2, 0.25) is 0 Å². The van der Waals surface area contributed by atoms with E-state index in [4.69, 9.17) is 17.3 Å². The summed E-state index contributed by atoms with van der Waals surface area (Å²) in [6.07, 6.45) is 0. The fraction of sp³-hybridized carbons (Fsp3) is 0.0769. The lowest BCUT2D eigenvalue weighted by atomic mass is 9.98. The van der Waals surface area contributed by atoms with Gasteiger partial charge in [0.1, 0.15) is 11.6 Å². The van der Waals surface area contributed by atoms with Crippen molar-refractivity contribution in [2.24, 2.45) is 5.73 Å². The molecule has 0 aromatic heterocycles. The number of nitrogens with two attached hydrogens (primary N) is 1. The van der Waals surface area contributed by atoms with E-state index in [1.165, 1.54) is 18.2 Å². The fourth-order valence-electron chi connectivity index (χ4n) is 1.73. The molecule has 0 aliphatic rings. The van der Waals surface area contributed by atoms with E-state index in [9.17, 15) is 8.78 Å². The Kier molecular flexibility index (Phi) is 4.00. The van der Waals surface area contributed by atoms with Crippen LogP contribution in [-0.2, 0) is 6.54 Å². The predicted molar refractivity (Wildman–Crippen MR) is 72.4 cm³/mol. The Bertz CT molecular complexity index is 602. The van der Waals surface area contributed by atoms with Crippen LogP contribution in [0.25, 0.3) is 11.1 Å². The second-order valence-corrected chi connectivity index (χ2v) is 5.01. The second-order valence-electron chi connectivity index (χ2n) is 3.72. The van der Waals surface area contributed by atoms with Gasteiger partial charge in [-0.3, -0.25) is 0 Å². The summed E-state index contributed by atoms with van der Waals surface area (Å²) in [5.41, 5.74) is 6.47. The number of benzene rings is 2. The van der Waals surface area contributed by atoms with Crippen LogP contribution in [0.2, 0.25) is 5.02 Å². The largest absolute Gasteiger partial charge is 0.326 e. The highest BCUT2D eigenvalue weighted by Gasteiger charge is 2.17. The maximum absolute atomic E-state index is 14.0. The van der Waals surface area contributed by atoms with Crippen molar-refractivity contribution in [2.45, 2.75) is 6.54 Å². The Morgan fingerprint density at radius 2 is 1.89 bits per heavy atom. The van der Waals surface area contributed by atoms with Crippen molar-refractivity contribution >= 4 is 27.5 Å². The monoisotopic (exact) mass is 331 g/mol. The van der Waals surface area contributed by atoms with Gasteiger partial charge in [-0.1, -0.05) is 17.7 Å². The van der Waals surface area contributed by atoms with Crippen molar-refractivity contribution in [1.82, 2.24) is 0 Å². The highest BCUT2D eigenvalue weighted by molar-refractivity contribution is 9.10. The normalized spacial score (nSPS) is 10.7. The van der Waals surface area contributed by atoms with Crippen LogP contribution < -0.4 is 5.73 Å². The molecule has 2 aromatic rings. The minimum absolute atomic E-state index is 0.118. The molecule has 0 amide bonds. The molecule has 5 heteroatoms. The second kappa shape index (κ2) is 5.34. The van der Waals surface area contributed by atoms with E-state index < -0.39 is 11.6 Å². The summed E-state index contributed by atoms with van der Waals surface area (Å²) < 4.78 is 28.0. The topological polar surface area (TPSA) is 26.0 Å². The summed E-state index contributed by atoms with van der Waals surface area (Å²) >= 11 is 8.91. The number of rotatable bonds is 2. The van der Waals surface area contributed by atoms with Gasteiger partial charge in [-0.15, -0.1) is 0 Å². The summed E-state index contributed by atoms with van der Waals surface area (Å²) in [4.78, 5) is 0. The van der Waals surface area contributed by atoms with E-state index >= 15 is 0 Å². The van der Waals surface area contributed by atoms with Crippen LogP contribution in [0.4, 0.5) is 8.78 Å². The summed E-state index contributed by atoms with van der Waals surface area (Å²) in [7, 11) is 0. The molecule has 0 radical (unpaired) electrons. The van der Waals surface area contributed by atoms with Crippen molar-refractivity contribution in [2.75, 3.05) is 0 Å². The molecule has 0 heterocycles. The van der Waals surface area contributed by atoms with Crippen LogP contribution >= 0.6 is 27.5 Å². The summed E-state index contributed by atoms with van der Waals surface area (Å²) in [5.74, 6) is -1.31. The molecule has 2 rings (SSSR count). The molecule has 0 aliphatic heterocycles. The van der Waals surface area contributed by atoms with Crippen LogP contribution in [0.3, 0.4) is 0 Å². The standard InChI is InChI=1S/C13H9BrClF2N/c14-10-3-4-11(16)12(13(10)17)9-5-8(15)2-1-7(9)6-18/h1-5H,6,18H2. The van der Waals surface area contributed by atoms with Gasteiger partial charge in [0.05, 0.1) is 10.0 Å². The molecule has 0 atom stereocenters. The molecule has 0 bridgehead atoms. The third-order valence-corrected chi connectivity index (χ3v) is 3.45. The smallest absolute Gasteiger partial charge is 0.148 e. The van der Waals surface area contributed by atoms with Gasteiger partial charge in [-0.2, -0.15) is 0 Å². The van der Waals surface area contributed by atoms with Gasteiger partial charge in [0.25, 0.3) is 0 Å². The zero-order chi connectivity index (χ0) is 13.3. The van der Waals surface area contributed by atoms with Gasteiger partial charge in [-0.05, 0) is 51.3 Å². The summed E-state index contributed by atoms with van der Waals surface area (Å²) in [6, 6.07) is 7.33. The lowest BCUT2D eigenvalue weighted by Crippen LogP contribution is -2.01. The zero-order valence-electron chi connectivity index (χ0n) is 9.18. The number of hydrogen-bond acceptors (Lipinski definition) is 1. The first-order valence-electron chi connectivity index (χ1n) is 5.17. The van der Waals surface area contributed by atoms with E-state index in [-0.39, 0.29) is 16.6 Å². The van der Waals surface area contributed by atoms with Crippen LogP contribution in [0.5, 0.6) is 0 Å². The summed E-state index contributed by atoms with van der Waals surface area (Å²) in [6.45, 7) is 0.178. The maximum atomic E-state index is 14.0. The first-order chi connectivity index (χ1) is 8.54. The number of halogens is 4. The van der Waals surface area contributed by atoms with Crippen molar-refractivity contribution in [3.05, 3.63) is 57.0 Å². The highest BCUT2D eigenvalue weighted by atomic mass is 79.9. The highest BCUT2D eigenvalue weighted by Crippen LogP contribution is 2.34. The van der Waals surface area contributed by atoms with Gasteiger partial charge in [0, 0.05) is 11.6 Å². The van der Waals surface area contributed by atoms with Gasteiger partial charge in [0.15, 0.2) is 0 Å². The quantitative estimate of drug-likeness (QED) is 0.805. The molecular formula is C13H9BrClF2N. The SMILES string of the molecule is NCc1ccc(Cl)cc1-c1c(F)ccc(Br)c1F. The predicted octanol–water partition coefficient (Wildman–Crippen LogP) is 4.51. The van der Waals surface area contributed by atoms with Gasteiger partial charge in [-0.25, -0.2) is 8.78 Å². The Labute approximate surface area is 117 Å². The first kappa shape index (κ1) is 13.5. The average molecular weight is 333 g/mol. The van der Waals surface area contributed by atoms with Gasteiger partial charge < -0.3 is 5.73 Å². The lowest BCUT2D eigenvalue weighted by Gasteiger charge is -2.11. The average Bonchev–Trinajstić information content (AvgIpc) is 2.35.